The Labute approximate surface area is 198 Å². The van der Waals surface area contributed by atoms with Crippen LogP contribution in [0.1, 0.15) is 48.0 Å². The van der Waals surface area contributed by atoms with E-state index < -0.39 is 6.04 Å². The molecule has 1 aliphatic heterocycles. The van der Waals surface area contributed by atoms with E-state index in [4.69, 9.17) is 16.3 Å². The van der Waals surface area contributed by atoms with Crippen molar-refractivity contribution >= 4 is 35.0 Å². The second-order valence-electron chi connectivity index (χ2n) is 8.61. The number of piperazine rings is 1. The second-order valence-corrected chi connectivity index (χ2v) is 9.04. The number of ether oxygens (including phenoxy) is 1. The molecule has 2 aromatic carbocycles. The van der Waals surface area contributed by atoms with E-state index in [1.54, 1.807) is 41.3 Å². The average molecular weight is 470 g/mol. The van der Waals surface area contributed by atoms with Gasteiger partial charge in [0, 0.05) is 16.8 Å². The fourth-order valence-electron chi connectivity index (χ4n) is 4.80. The first-order chi connectivity index (χ1) is 15.9. The summed E-state index contributed by atoms with van der Waals surface area (Å²) in [7, 11) is 1.51. The van der Waals surface area contributed by atoms with Crippen LogP contribution in [0.3, 0.4) is 0 Å². The summed E-state index contributed by atoms with van der Waals surface area (Å²) in [6, 6.07) is 11.0. The van der Waals surface area contributed by atoms with Gasteiger partial charge >= 0.3 is 0 Å². The molecular formula is C25H28ClN3O4. The van der Waals surface area contributed by atoms with E-state index in [2.05, 4.69) is 10.6 Å². The number of rotatable bonds is 5. The predicted octanol–water partition coefficient (Wildman–Crippen LogP) is 3.94. The van der Waals surface area contributed by atoms with E-state index in [0.717, 1.165) is 31.2 Å². The predicted molar refractivity (Wildman–Crippen MR) is 127 cm³/mol. The lowest BCUT2D eigenvalue weighted by Crippen LogP contribution is -2.68. The molecule has 4 rings (SSSR count). The number of carbonyl (C=O) groups excluding carboxylic acids is 3. The Kier molecular flexibility index (Phi) is 6.88. The van der Waals surface area contributed by atoms with Crippen LogP contribution >= 0.6 is 11.6 Å². The van der Waals surface area contributed by atoms with Crippen LogP contribution in [0, 0.1) is 6.92 Å². The van der Waals surface area contributed by atoms with E-state index in [1.807, 2.05) is 13.0 Å². The minimum Gasteiger partial charge on any atom is -0.496 e. The van der Waals surface area contributed by atoms with Gasteiger partial charge in [0.1, 0.15) is 11.8 Å². The van der Waals surface area contributed by atoms with Gasteiger partial charge in [-0.15, -0.1) is 0 Å². The number of anilines is 1. The normalized spacial score (nSPS) is 22.2. The van der Waals surface area contributed by atoms with Gasteiger partial charge in [-0.25, -0.2) is 0 Å². The van der Waals surface area contributed by atoms with E-state index in [0.29, 0.717) is 22.0 Å². The van der Waals surface area contributed by atoms with Crippen LogP contribution in [0.15, 0.2) is 42.5 Å². The molecule has 0 bridgehead atoms. The van der Waals surface area contributed by atoms with Crippen molar-refractivity contribution in [3.8, 4) is 5.75 Å². The van der Waals surface area contributed by atoms with Gasteiger partial charge in [0.2, 0.25) is 11.8 Å². The minimum absolute atomic E-state index is 0.112. The molecule has 2 aromatic rings. The maximum absolute atomic E-state index is 13.7. The summed E-state index contributed by atoms with van der Waals surface area (Å²) in [6.45, 7) is 1.86. The number of methoxy groups -OCH3 is 1. The number of aryl methyl sites for hydroxylation is 1. The molecule has 2 N–H and O–H groups in total. The maximum atomic E-state index is 13.7. The molecule has 3 amide bonds. The van der Waals surface area contributed by atoms with E-state index in [1.165, 1.54) is 7.11 Å². The van der Waals surface area contributed by atoms with Gasteiger partial charge < -0.3 is 20.3 Å². The number of nitrogens with one attached hydrogen (secondary N) is 2. The molecule has 0 unspecified atom stereocenters. The smallest absolute Gasteiger partial charge is 0.258 e. The Morgan fingerprint density at radius 3 is 2.73 bits per heavy atom. The highest BCUT2D eigenvalue weighted by atomic mass is 35.5. The first-order valence-corrected chi connectivity index (χ1v) is 11.6. The molecule has 3 atom stereocenters. The highest BCUT2D eigenvalue weighted by molar-refractivity contribution is 6.31. The first-order valence-electron chi connectivity index (χ1n) is 11.2. The number of nitrogens with zero attached hydrogens (tertiary/aromatic N) is 1. The fourth-order valence-corrected chi connectivity index (χ4v) is 4.97. The summed E-state index contributed by atoms with van der Waals surface area (Å²) in [4.78, 5) is 41.5. The molecule has 1 saturated carbocycles. The number of carbonyl (C=O) groups is 3. The van der Waals surface area contributed by atoms with Gasteiger partial charge in [-0.1, -0.05) is 42.6 Å². The van der Waals surface area contributed by atoms with Crippen LogP contribution in [-0.2, 0) is 9.59 Å². The van der Waals surface area contributed by atoms with Crippen molar-refractivity contribution in [2.45, 2.75) is 57.2 Å². The summed E-state index contributed by atoms with van der Waals surface area (Å²) in [5.41, 5.74) is 1.83. The lowest BCUT2D eigenvalue weighted by atomic mass is 9.84. The summed E-state index contributed by atoms with van der Waals surface area (Å²) in [5, 5.41) is 6.41. The third-order valence-electron chi connectivity index (χ3n) is 6.48. The van der Waals surface area contributed by atoms with Crippen molar-refractivity contribution in [1.29, 1.82) is 0 Å². The molecule has 8 heteroatoms. The molecule has 0 aromatic heterocycles. The van der Waals surface area contributed by atoms with Crippen LogP contribution in [0.5, 0.6) is 5.75 Å². The topological polar surface area (TPSA) is 87.7 Å². The molecule has 1 aliphatic carbocycles. The van der Waals surface area contributed by atoms with Crippen molar-refractivity contribution in [2.24, 2.45) is 0 Å². The molecule has 33 heavy (non-hydrogen) atoms. The number of hydrogen-bond donors (Lipinski definition) is 2. The lowest BCUT2D eigenvalue weighted by Gasteiger charge is -2.48. The summed E-state index contributed by atoms with van der Waals surface area (Å²) in [5.74, 6) is -0.513. The van der Waals surface area contributed by atoms with Crippen molar-refractivity contribution in [1.82, 2.24) is 10.2 Å². The van der Waals surface area contributed by atoms with Crippen molar-refractivity contribution in [2.75, 3.05) is 12.4 Å². The monoisotopic (exact) mass is 469 g/mol. The molecule has 174 valence electrons. The SMILES string of the molecule is COc1ccccc1C(=O)N1[C@@H](CC(=O)Nc2cc(Cl)ccc2C)C(=O)N[C@@H]2CCCC[C@@H]21. The summed E-state index contributed by atoms with van der Waals surface area (Å²) in [6.07, 6.45) is 3.40. The zero-order valence-corrected chi connectivity index (χ0v) is 19.5. The maximum Gasteiger partial charge on any atom is 0.258 e. The van der Waals surface area contributed by atoms with Crippen LogP contribution in [0.4, 0.5) is 5.69 Å². The Morgan fingerprint density at radius 2 is 1.94 bits per heavy atom. The highest BCUT2D eigenvalue weighted by Gasteiger charge is 2.46. The van der Waals surface area contributed by atoms with Gasteiger partial charge in [-0.05, 0) is 49.6 Å². The van der Waals surface area contributed by atoms with Crippen LogP contribution in [0.25, 0.3) is 0 Å². The standard InChI is InChI=1S/C25H28ClN3O4/c1-15-11-12-16(26)13-19(15)27-23(30)14-21-24(31)28-18-8-4-5-9-20(18)29(21)25(32)17-7-3-6-10-22(17)33-2/h3,6-7,10-13,18,20-21H,4-5,8-9,14H2,1-2H3,(H,27,30)(H,28,31)/t18-,20+,21+/m1/s1. The van der Waals surface area contributed by atoms with Crippen LogP contribution < -0.4 is 15.4 Å². The summed E-state index contributed by atoms with van der Waals surface area (Å²) >= 11 is 6.07. The van der Waals surface area contributed by atoms with Crippen LogP contribution in [0.2, 0.25) is 5.02 Å². The first kappa shape index (κ1) is 23.1. The zero-order valence-electron chi connectivity index (χ0n) is 18.8. The highest BCUT2D eigenvalue weighted by Crippen LogP contribution is 2.32. The zero-order chi connectivity index (χ0) is 23.5. The van der Waals surface area contributed by atoms with Gasteiger partial charge in [0.15, 0.2) is 0 Å². The molecular weight excluding hydrogens is 442 g/mol. The number of amides is 3. The van der Waals surface area contributed by atoms with E-state index in [9.17, 15) is 14.4 Å². The fraction of sp³-hybridized carbons (Fsp3) is 0.400. The van der Waals surface area contributed by atoms with Gasteiger partial charge in [-0.2, -0.15) is 0 Å². The quantitative estimate of drug-likeness (QED) is 0.694. The van der Waals surface area contributed by atoms with Crippen molar-refractivity contribution < 1.29 is 19.1 Å². The number of hydrogen-bond acceptors (Lipinski definition) is 4. The van der Waals surface area contributed by atoms with Crippen molar-refractivity contribution in [3.05, 3.63) is 58.6 Å². The number of benzene rings is 2. The average Bonchev–Trinajstić information content (AvgIpc) is 2.81. The van der Waals surface area contributed by atoms with E-state index in [-0.39, 0.29) is 36.2 Å². The Bertz CT molecular complexity index is 1070. The van der Waals surface area contributed by atoms with Gasteiger partial charge in [0.25, 0.3) is 5.91 Å². The van der Waals surface area contributed by atoms with E-state index >= 15 is 0 Å². The van der Waals surface area contributed by atoms with Crippen molar-refractivity contribution in [3.63, 3.8) is 0 Å². The number of para-hydroxylation sites is 1. The van der Waals surface area contributed by atoms with Gasteiger partial charge in [-0.3, -0.25) is 14.4 Å². The molecule has 2 fully saturated rings. The Hall–Kier alpha value is -3.06. The molecule has 0 radical (unpaired) electrons. The van der Waals surface area contributed by atoms with Gasteiger partial charge in [0.05, 0.1) is 25.1 Å². The van der Waals surface area contributed by atoms with Crippen LogP contribution in [-0.4, -0.2) is 47.9 Å². The molecule has 2 aliphatic rings. The summed E-state index contributed by atoms with van der Waals surface area (Å²) < 4.78 is 5.40. The molecule has 1 heterocycles. The molecule has 1 saturated heterocycles. The Balaban J connectivity index is 1.63. The largest absolute Gasteiger partial charge is 0.496 e. The third-order valence-corrected chi connectivity index (χ3v) is 6.71. The molecule has 7 nitrogen and oxygen atoms in total. The second kappa shape index (κ2) is 9.83. The molecule has 0 spiro atoms. The third kappa shape index (κ3) is 4.83. The lowest BCUT2D eigenvalue weighted by molar-refractivity contribution is -0.135. The number of halogens is 1. The number of fused-ring (bicyclic) bond motifs is 1. The Morgan fingerprint density at radius 1 is 1.18 bits per heavy atom. The minimum atomic E-state index is -0.916.